The number of carbonyl (C=O) groups excluding carboxylic acids is 1. The van der Waals surface area contributed by atoms with Crippen LogP contribution in [0.15, 0.2) is 30.3 Å². The van der Waals surface area contributed by atoms with E-state index in [0.717, 1.165) is 5.56 Å². The normalized spacial score (nSPS) is 13.4. The Morgan fingerprint density at radius 2 is 1.89 bits per heavy atom. The zero-order valence-corrected chi connectivity index (χ0v) is 10.4. The summed E-state index contributed by atoms with van der Waals surface area (Å²) >= 11 is 0. The third-order valence-electron chi connectivity index (χ3n) is 2.70. The Morgan fingerprint density at radius 1 is 1.28 bits per heavy atom. The Hall–Kier alpha value is -2.04. The maximum atomic E-state index is 11.4. The Kier molecular flexibility index (Phi) is 5.17. The van der Waals surface area contributed by atoms with Gasteiger partial charge in [0.25, 0.3) is 0 Å². The minimum Gasteiger partial charge on any atom is -0.481 e. The first kappa shape index (κ1) is 14.0. The summed E-state index contributed by atoms with van der Waals surface area (Å²) in [5.41, 5.74) is 0.881. The molecule has 1 amide bonds. The van der Waals surface area contributed by atoms with E-state index < -0.39 is 24.0 Å². The molecule has 0 radical (unpaired) electrons. The van der Waals surface area contributed by atoms with Gasteiger partial charge in [0.05, 0.1) is 5.92 Å². The van der Waals surface area contributed by atoms with E-state index >= 15 is 0 Å². The molecule has 0 fully saturated rings. The molecule has 0 unspecified atom stereocenters. The van der Waals surface area contributed by atoms with E-state index in [9.17, 15) is 9.59 Å². The fourth-order valence-corrected chi connectivity index (χ4v) is 1.29. The summed E-state index contributed by atoms with van der Waals surface area (Å²) in [5, 5.41) is 11.3. The van der Waals surface area contributed by atoms with Gasteiger partial charge in [-0.05, 0) is 19.4 Å². The lowest BCUT2D eigenvalue weighted by molar-refractivity contribution is -0.141. The first-order valence-electron chi connectivity index (χ1n) is 5.70. The minimum absolute atomic E-state index is 0.168. The zero-order chi connectivity index (χ0) is 13.5. The molecule has 0 aliphatic rings. The number of ether oxygens (including phenoxy) is 1. The highest BCUT2D eigenvalue weighted by Crippen LogP contribution is 2.04. The fraction of sp³-hybridized carbons (Fsp3) is 0.385. The molecule has 98 valence electrons. The number of carboxylic acids is 1. The summed E-state index contributed by atoms with van der Waals surface area (Å²) in [6, 6.07) is 8.79. The Labute approximate surface area is 106 Å². The second-order valence-corrected chi connectivity index (χ2v) is 4.12. The highest BCUT2D eigenvalue weighted by atomic mass is 16.5. The molecule has 0 saturated heterocycles. The lowest BCUT2D eigenvalue weighted by atomic mass is 10.1. The third kappa shape index (κ3) is 4.45. The minimum atomic E-state index is -0.953. The second-order valence-electron chi connectivity index (χ2n) is 4.12. The average Bonchev–Trinajstić information content (AvgIpc) is 2.36. The Morgan fingerprint density at radius 3 is 2.44 bits per heavy atom. The third-order valence-corrected chi connectivity index (χ3v) is 2.70. The molecule has 0 aliphatic carbocycles. The largest absolute Gasteiger partial charge is 0.481 e. The smallest absolute Gasteiger partial charge is 0.407 e. The maximum absolute atomic E-state index is 11.4. The Bertz CT molecular complexity index is 405. The molecule has 0 aliphatic heterocycles. The first-order valence-corrected chi connectivity index (χ1v) is 5.70. The van der Waals surface area contributed by atoms with Crippen LogP contribution in [0.25, 0.3) is 0 Å². The SMILES string of the molecule is C[C@H](NC(=O)OCc1ccccc1)[C@@H](C)C(=O)O. The number of hydrogen-bond donors (Lipinski definition) is 2. The molecule has 1 aromatic rings. The van der Waals surface area contributed by atoms with Crippen LogP contribution in [-0.4, -0.2) is 23.2 Å². The second kappa shape index (κ2) is 6.64. The van der Waals surface area contributed by atoms with Crippen LogP contribution < -0.4 is 5.32 Å². The number of aliphatic carboxylic acids is 1. The summed E-state index contributed by atoms with van der Waals surface area (Å²) in [4.78, 5) is 22.1. The van der Waals surface area contributed by atoms with Crippen LogP contribution in [-0.2, 0) is 16.1 Å². The van der Waals surface area contributed by atoms with Gasteiger partial charge < -0.3 is 15.2 Å². The topological polar surface area (TPSA) is 75.6 Å². The molecule has 18 heavy (non-hydrogen) atoms. The predicted molar refractivity (Wildman–Crippen MR) is 66.0 cm³/mol. The van der Waals surface area contributed by atoms with Crippen molar-refractivity contribution in [3.8, 4) is 0 Å². The van der Waals surface area contributed by atoms with Gasteiger partial charge in [-0.1, -0.05) is 30.3 Å². The molecule has 0 heterocycles. The van der Waals surface area contributed by atoms with Gasteiger partial charge in [-0.25, -0.2) is 4.79 Å². The Balaban J connectivity index is 2.36. The average molecular weight is 251 g/mol. The van der Waals surface area contributed by atoms with E-state index in [-0.39, 0.29) is 6.61 Å². The number of alkyl carbamates (subject to hydrolysis) is 1. The van der Waals surface area contributed by atoms with Crippen molar-refractivity contribution in [3.63, 3.8) is 0 Å². The molecule has 5 heteroatoms. The quantitative estimate of drug-likeness (QED) is 0.839. The van der Waals surface area contributed by atoms with Crippen LogP contribution in [0.1, 0.15) is 19.4 Å². The summed E-state index contributed by atoms with van der Waals surface area (Å²) in [7, 11) is 0. The molecular weight excluding hydrogens is 234 g/mol. The molecule has 1 aromatic carbocycles. The van der Waals surface area contributed by atoms with Crippen LogP contribution in [0.5, 0.6) is 0 Å². The number of benzene rings is 1. The first-order chi connectivity index (χ1) is 8.50. The van der Waals surface area contributed by atoms with E-state index in [1.54, 1.807) is 6.92 Å². The summed E-state index contributed by atoms with van der Waals surface area (Å²) < 4.78 is 4.99. The predicted octanol–water partition coefficient (Wildman–Crippen LogP) is 2.02. The van der Waals surface area contributed by atoms with Gasteiger partial charge in [0.15, 0.2) is 0 Å². The number of amides is 1. The van der Waals surface area contributed by atoms with Gasteiger partial charge >= 0.3 is 12.1 Å². The van der Waals surface area contributed by atoms with Crippen LogP contribution in [0.4, 0.5) is 4.79 Å². The highest BCUT2D eigenvalue weighted by molar-refractivity contribution is 5.73. The van der Waals surface area contributed by atoms with Gasteiger partial charge in [-0.15, -0.1) is 0 Å². The number of hydrogen-bond acceptors (Lipinski definition) is 3. The monoisotopic (exact) mass is 251 g/mol. The van der Waals surface area contributed by atoms with Crippen LogP contribution >= 0.6 is 0 Å². The maximum Gasteiger partial charge on any atom is 0.407 e. The van der Waals surface area contributed by atoms with Crippen LogP contribution in [0, 0.1) is 5.92 Å². The van der Waals surface area contributed by atoms with E-state index in [2.05, 4.69) is 5.32 Å². The van der Waals surface area contributed by atoms with Crippen molar-refractivity contribution in [3.05, 3.63) is 35.9 Å². The highest BCUT2D eigenvalue weighted by Gasteiger charge is 2.21. The van der Waals surface area contributed by atoms with Gasteiger partial charge in [0.2, 0.25) is 0 Å². The number of nitrogens with one attached hydrogen (secondary N) is 1. The summed E-state index contributed by atoms with van der Waals surface area (Å²) in [5.74, 6) is -1.61. The van der Waals surface area contributed by atoms with E-state index in [1.165, 1.54) is 6.92 Å². The molecule has 0 saturated carbocycles. The van der Waals surface area contributed by atoms with Gasteiger partial charge in [-0.2, -0.15) is 0 Å². The molecule has 2 atom stereocenters. The molecule has 0 bridgehead atoms. The van der Waals surface area contributed by atoms with E-state index in [4.69, 9.17) is 9.84 Å². The molecular formula is C13H17NO4. The van der Waals surface area contributed by atoms with Gasteiger partial charge in [-0.3, -0.25) is 4.79 Å². The standard InChI is InChI=1S/C13H17NO4/c1-9(12(15)16)10(2)14-13(17)18-8-11-6-4-3-5-7-11/h3-7,9-10H,8H2,1-2H3,(H,14,17)(H,15,16)/t9-,10+/m1/s1. The van der Waals surface area contributed by atoms with Crippen molar-refractivity contribution >= 4 is 12.1 Å². The number of carboxylic acid groups (broad SMARTS) is 1. The molecule has 0 aromatic heterocycles. The molecule has 1 rings (SSSR count). The molecule has 5 nitrogen and oxygen atoms in total. The fourth-order valence-electron chi connectivity index (χ4n) is 1.29. The van der Waals surface area contributed by atoms with E-state index in [0.29, 0.717) is 0 Å². The zero-order valence-electron chi connectivity index (χ0n) is 10.4. The molecule has 0 spiro atoms. The summed E-state index contributed by atoms with van der Waals surface area (Å²) in [6.45, 7) is 3.33. The lowest BCUT2D eigenvalue weighted by Crippen LogP contribution is -2.40. The van der Waals surface area contributed by atoms with Crippen LogP contribution in [0.3, 0.4) is 0 Å². The van der Waals surface area contributed by atoms with Gasteiger partial charge in [0, 0.05) is 6.04 Å². The van der Waals surface area contributed by atoms with Crippen molar-refractivity contribution in [2.45, 2.75) is 26.5 Å². The van der Waals surface area contributed by atoms with Crippen molar-refractivity contribution in [1.29, 1.82) is 0 Å². The number of carbonyl (C=O) groups is 2. The van der Waals surface area contributed by atoms with Crippen molar-refractivity contribution < 1.29 is 19.4 Å². The van der Waals surface area contributed by atoms with E-state index in [1.807, 2.05) is 30.3 Å². The molecule has 2 N–H and O–H groups in total. The summed E-state index contributed by atoms with van der Waals surface area (Å²) in [6.07, 6.45) is -0.612. The van der Waals surface area contributed by atoms with Crippen LogP contribution in [0.2, 0.25) is 0 Å². The van der Waals surface area contributed by atoms with Crippen molar-refractivity contribution in [2.75, 3.05) is 0 Å². The lowest BCUT2D eigenvalue weighted by Gasteiger charge is -2.17. The number of rotatable bonds is 5. The van der Waals surface area contributed by atoms with Crippen molar-refractivity contribution in [1.82, 2.24) is 5.32 Å². The van der Waals surface area contributed by atoms with Crippen molar-refractivity contribution in [2.24, 2.45) is 5.92 Å². The van der Waals surface area contributed by atoms with Gasteiger partial charge in [0.1, 0.15) is 6.61 Å².